The lowest BCUT2D eigenvalue weighted by Gasteiger charge is -2.17. The lowest BCUT2D eigenvalue weighted by molar-refractivity contribution is 0.185. The van der Waals surface area contributed by atoms with Gasteiger partial charge in [-0.25, -0.2) is 4.79 Å². The maximum absolute atomic E-state index is 12.6. The number of thiophene rings is 1. The predicted octanol–water partition coefficient (Wildman–Crippen LogP) is 1.52. The lowest BCUT2D eigenvalue weighted by atomic mass is 9.89. The molecule has 108 valence electrons. The molecule has 0 amide bonds. The first-order valence-electron chi connectivity index (χ1n) is 6.88. The summed E-state index contributed by atoms with van der Waals surface area (Å²) in [7, 11) is 1.56. The molecule has 2 aromatic rings. The fourth-order valence-electron chi connectivity index (χ4n) is 2.84. The summed E-state index contributed by atoms with van der Waals surface area (Å²) in [4.78, 5) is 29.4. The molecule has 2 heterocycles. The molecule has 5 nitrogen and oxygen atoms in total. The molecule has 0 bridgehead atoms. The van der Waals surface area contributed by atoms with Crippen LogP contribution in [0.1, 0.15) is 23.8 Å². The number of aromatic amines is 1. The van der Waals surface area contributed by atoms with Crippen LogP contribution in [0.15, 0.2) is 9.59 Å². The molecule has 3 rings (SSSR count). The Labute approximate surface area is 120 Å². The molecule has 6 heteroatoms. The highest BCUT2D eigenvalue weighted by Gasteiger charge is 2.23. The van der Waals surface area contributed by atoms with E-state index in [1.165, 1.54) is 9.44 Å². The van der Waals surface area contributed by atoms with Crippen molar-refractivity contribution in [3.8, 4) is 0 Å². The van der Waals surface area contributed by atoms with Crippen molar-refractivity contribution < 1.29 is 4.74 Å². The maximum atomic E-state index is 12.6. The van der Waals surface area contributed by atoms with Crippen molar-refractivity contribution in [1.82, 2.24) is 9.55 Å². The number of hydrogen-bond acceptors (Lipinski definition) is 4. The minimum Gasteiger partial charge on any atom is -0.383 e. The van der Waals surface area contributed by atoms with Crippen LogP contribution in [0.25, 0.3) is 10.2 Å². The molecule has 0 aromatic carbocycles. The van der Waals surface area contributed by atoms with Crippen molar-refractivity contribution in [3.05, 3.63) is 31.3 Å². The van der Waals surface area contributed by atoms with Gasteiger partial charge in [0, 0.05) is 12.0 Å². The lowest BCUT2D eigenvalue weighted by Crippen LogP contribution is -2.36. The van der Waals surface area contributed by atoms with E-state index < -0.39 is 0 Å². The summed E-state index contributed by atoms with van der Waals surface area (Å²) in [6.07, 6.45) is 3.05. The summed E-state index contributed by atoms with van der Waals surface area (Å²) >= 11 is 1.56. The zero-order valence-corrected chi connectivity index (χ0v) is 12.5. The third-order valence-electron chi connectivity index (χ3n) is 3.96. The molecular formula is C14H18N2O3S. The molecule has 1 aliphatic rings. The largest absolute Gasteiger partial charge is 0.383 e. The Balaban J connectivity index is 2.21. The molecule has 1 unspecified atom stereocenters. The Bertz CT molecular complexity index is 756. The Hall–Kier alpha value is -1.40. The number of aryl methyl sites for hydroxylation is 1. The average Bonchev–Trinajstić information content (AvgIpc) is 2.75. The fraction of sp³-hybridized carbons (Fsp3) is 0.571. The van der Waals surface area contributed by atoms with Crippen molar-refractivity contribution in [2.75, 3.05) is 13.7 Å². The second-order valence-electron chi connectivity index (χ2n) is 5.44. The first kappa shape index (κ1) is 13.6. The molecule has 1 N–H and O–H groups in total. The number of hydrogen-bond donors (Lipinski definition) is 1. The van der Waals surface area contributed by atoms with Gasteiger partial charge in [-0.15, -0.1) is 11.3 Å². The minimum absolute atomic E-state index is 0.173. The van der Waals surface area contributed by atoms with Crippen LogP contribution in [0.4, 0.5) is 0 Å². The molecule has 0 saturated heterocycles. The van der Waals surface area contributed by atoms with Crippen LogP contribution in [0, 0.1) is 5.92 Å². The number of nitrogens with one attached hydrogen (secondary N) is 1. The van der Waals surface area contributed by atoms with Gasteiger partial charge in [0.2, 0.25) is 0 Å². The van der Waals surface area contributed by atoms with E-state index in [0.717, 1.165) is 29.7 Å². The van der Waals surface area contributed by atoms with Crippen LogP contribution in [-0.2, 0) is 24.1 Å². The Morgan fingerprint density at radius 3 is 3.00 bits per heavy atom. The van der Waals surface area contributed by atoms with Crippen LogP contribution < -0.4 is 11.2 Å². The fourth-order valence-corrected chi connectivity index (χ4v) is 4.24. The van der Waals surface area contributed by atoms with Gasteiger partial charge in [-0.3, -0.25) is 14.3 Å². The van der Waals surface area contributed by atoms with Gasteiger partial charge in [0.1, 0.15) is 4.83 Å². The van der Waals surface area contributed by atoms with Gasteiger partial charge < -0.3 is 4.74 Å². The van der Waals surface area contributed by atoms with E-state index in [-0.39, 0.29) is 11.2 Å². The van der Waals surface area contributed by atoms with Gasteiger partial charge in [-0.2, -0.15) is 0 Å². The van der Waals surface area contributed by atoms with Crippen LogP contribution in [0.5, 0.6) is 0 Å². The molecule has 0 fully saturated rings. The zero-order valence-electron chi connectivity index (χ0n) is 11.7. The van der Waals surface area contributed by atoms with Crippen LogP contribution in [-0.4, -0.2) is 23.3 Å². The number of rotatable bonds is 3. The van der Waals surface area contributed by atoms with Crippen LogP contribution in [0.3, 0.4) is 0 Å². The Morgan fingerprint density at radius 1 is 1.45 bits per heavy atom. The summed E-state index contributed by atoms with van der Waals surface area (Å²) < 4.78 is 6.21. The molecule has 0 aliphatic heterocycles. The summed E-state index contributed by atoms with van der Waals surface area (Å²) in [5, 5.41) is 0.715. The smallest absolute Gasteiger partial charge is 0.329 e. The third kappa shape index (κ3) is 2.13. The molecule has 0 radical (unpaired) electrons. The molecule has 0 saturated carbocycles. The van der Waals surface area contributed by atoms with Crippen molar-refractivity contribution >= 4 is 21.6 Å². The van der Waals surface area contributed by atoms with Gasteiger partial charge in [0.15, 0.2) is 0 Å². The molecule has 0 spiro atoms. The number of methoxy groups -OCH3 is 1. The number of fused-ring (bicyclic) bond motifs is 3. The van der Waals surface area contributed by atoms with Crippen molar-refractivity contribution in [1.29, 1.82) is 0 Å². The van der Waals surface area contributed by atoms with E-state index in [1.807, 2.05) is 0 Å². The maximum Gasteiger partial charge on any atom is 0.329 e. The summed E-state index contributed by atoms with van der Waals surface area (Å²) in [5.74, 6) is 0.651. The van der Waals surface area contributed by atoms with Crippen molar-refractivity contribution in [2.45, 2.75) is 32.7 Å². The Morgan fingerprint density at radius 2 is 2.25 bits per heavy atom. The summed E-state index contributed by atoms with van der Waals surface area (Å²) in [5.41, 5.74) is 0.634. The zero-order chi connectivity index (χ0) is 14.3. The average molecular weight is 294 g/mol. The normalized spacial score (nSPS) is 18.4. The van der Waals surface area contributed by atoms with Crippen molar-refractivity contribution in [3.63, 3.8) is 0 Å². The number of aromatic nitrogens is 2. The number of nitrogens with zero attached hydrogens (tertiary/aromatic N) is 1. The van der Waals surface area contributed by atoms with E-state index >= 15 is 0 Å². The predicted molar refractivity (Wildman–Crippen MR) is 79.8 cm³/mol. The Kier molecular flexibility index (Phi) is 3.52. The first-order chi connectivity index (χ1) is 9.61. The van der Waals surface area contributed by atoms with Crippen LogP contribution in [0.2, 0.25) is 0 Å². The first-order valence-corrected chi connectivity index (χ1v) is 7.69. The molecule has 1 atom stereocenters. The summed E-state index contributed by atoms with van der Waals surface area (Å²) in [6, 6.07) is 0. The minimum atomic E-state index is -0.341. The number of H-pyrrole nitrogens is 1. The van der Waals surface area contributed by atoms with E-state index in [9.17, 15) is 9.59 Å². The van der Waals surface area contributed by atoms with Gasteiger partial charge in [-0.05, 0) is 30.7 Å². The van der Waals surface area contributed by atoms with E-state index in [2.05, 4.69) is 11.9 Å². The SMILES string of the molecule is COCCn1c(=O)[nH]c2sc3c(c2c1=O)CCC(C)C3. The van der Waals surface area contributed by atoms with E-state index in [4.69, 9.17) is 4.74 Å². The monoisotopic (exact) mass is 294 g/mol. The number of ether oxygens (including phenoxy) is 1. The molecular weight excluding hydrogens is 276 g/mol. The quantitative estimate of drug-likeness (QED) is 0.933. The molecule has 20 heavy (non-hydrogen) atoms. The summed E-state index contributed by atoms with van der Waals surface area (Å²) in [6.45, 7) is 2.88. The van der Waals surface area contributed by atoms with Crippen LogP contribution >= 0.6 is 11.3 Å². The molecule has 2 aromatic heterocycles. The topological polar surface area (TPSA) is 64.1 Å². The highest BCUT2D eigenvalue weighted by molar-refractivity contribution is 7.18. The second kappa shape index (κ2) is 5.18. The van der Waals surface area contributed by atoms with Crippen molar-refractivity contribution in [2.24, 2.45) is 5.92 Å². The van der Waals surface area contributed by atoms with E-state index in [1.54, 1.807) is 18.4 Å². The third-order valence-corrected chi connectivity index (χ3v) is 5.13. The second-order valence-corrected chi connectivity index (χ2v) is 6.54. The highest BCUT2D eigenvalue weighted by Crippen LogP contribution is 2.35. The highest BCUT2D eigenvalue weighted by atomic mass is 32.1. The van der Waals surface area contributed by atoms with Gasteiger partial charge in [0.05, 0.1) is 18.5 Å². The van der Waals surface area contributed by atoms with Gasteiger partial charge >= 0.3 is 5.69 Å². The van der Waals surface area contributed by atoms with Gasteiger partial charge in [0.25, 0.3) is 5.56 Å². The standard InChI is InChI=1S/C14H18N2O3S/c1-8-3-4-9-10(7-8)20-12-11(9)13(17)16(5-6-19-2)14(18)15-12/h8H,3-7H2,1-2H3,(H,15,18). The van der Waals surface area contributed by atoms with Gasteiger partial charge in [-0.1, -0.05) is 6.92 Å². The van der Waals surface area contributed by atoms with E-state index in [0.29, 0.717) is 24.5 Å². The molecule has 1 aliphatic carbocycles.